The number of urea groups is 1. The van der Waals surface area contributed by atoms with Crippen molar-refractivity contribution < 1.29 is 4.79 Å². The molecule has 0 atom stereocenters. The molecule has 0 aromatic rings. The fourth-order valence-corrected chi connectivity index (χ4v) is 1.13. The van der Waals surface area contributed by atoms with Gasteiger partial charge in [0.1, 0.15) is 0 Å². The summed E-state index contributed by atoms with van der Waals surface area (Å²) in [5, 5.41) is 5.46. The molecule has 0 aromatic heterocycles. The Kier molecular flexibility index (Phi) is 7.72. The van der Waals surface area contributed by atoms with E-state index in [-0.39, 0.29) is 6.03 Å². The van der Waals surface area contributed by atoms with Gasteiger partial charge in [-0.25, -0.2) is 4.79 Å². The average Bonchev–Trinajstić information content (AvgIpc) is 2.21. The van der Waals surface area contributed by atoms with E-state index in [1.54, 1.807) is 6.20 Å². The van der Waals surface area contributed by atoms with Crippen molar-refractivity contribution in [2.75, 3.05) is 26.2 Å². The topological polar surface area (TPSA) is 44.4 Å². The fraction of sp³-hybridized carbons (Fsp3) is 0.727. The third kappa shape index (κ3) is 8.00. The van der Waals surface area contributed by atoms with Crippen LogP contribution in [0, 0.1) is 0 Å². The minimum Gasteiger partial charge on any atom is -0.337 e. The zero-order valence-electron chi connectivity index (χ0n) is 10.3. The second kappa shape index (κ2) is 8.29. The second-order valence-corrected chi connectivity index (χ2v) is 3.65. The zero-order valence-corrected chi connectivity index (χ0v) is 10.3. The molecule has 0 unspecified atom stereocenters. The maximum atomic E-state index is 11.2. The van der Waals surface area contributed by atoms with Crippen molar-refractivity contribution in [1.29, 1.82) is 0 Å². The molecule has 88 valence electrons. The summed E-state index contributed by atoms with van der Waals surface area (Å²) in [6.07, 6.45) is 1.70. The summed E-state index contributed by atoms with van der Waals surface area (Å²) >= 11 is 0. The van der Waals surface area contributed by atoms with Crippen molar-refractivity contribution >= 4 is 6.03 Å². The number of hydrogen-bond acceptors (Lipinski definition) is 2. The monoisotopic (exact) mass is 213 g/mol. The van der Waals surface area contributed by atoms with Crippen LogP contribution in [-0.4, -0.2) is 37.1 Å². The van der Waals surface area contributed by atoms with E-state index in [4.69, 9.17) is 0 Å². The van der Waals surface area contributed by atoms with Gasteiger partial charge in [0.25, 0.3) is 0 Å². The number of rotatable bonds is 6. The van der Waals surface area contributed by atoms with Gasteiger partial charge in [-0.15, -0.1) is 0 Å². The van der Waals surface area contributed by atoms with Crippen LogP contribution >= 0.6 is 0 Å². The number of hydrogen-bond donors (Lipinski definition) is 2. The van der Waals surface area contributed by atoms with Gasteiger partial charge in [0.05, 0.1) is 0 Å². The molecule has 0 heterocycles. The van der Waals surface area contributed by atoms with Crippen LogP contribution in [0.25, 0.3) is 0 Å². The Morgan fingerprint density at radius 3 is 2.33 bits per heavy atom. The molecule has 2 N–H and O–H groups in total. The highest BCUT2D eigenvalue weighted by Gasteiger charge is 2.00. The number of allylic oxidation sites excluding steroid dienone is 1. The number of amides is 2. The van der Waals surface area contributed by atoms with Gasteiger partial charge in [-0.3, -0.25) is 0 Å². The first-order valence-electron chi connectivity index (χ1n) is 5.50. The van der Waals surface area contributed by atoms with Crippen LogP contribution in [-0.2, 0) is 0 Å². The molecule has 0 aliphatic carbocycles. The van der Waals surface area contributed by atoms with E-state index in [0.717, 1.165) is 25.2 Å². The van der Waals surface area contributed by atoms with Crippen molar-refractivity contribution in [2.24, 2.45) is 0 Å². The van der Waals surface area contributed by atoms with E-state index in [1.807, 2.05) is 13.8 Å². The average molecular weight is 213 g/mol. The van der Waals surface area contributed by atoms with E-state index in [0.29, 0.717) is 6.54 Å². The van der Waals surface area contributed by atoms with Gasteiger partial charge in [0, 0.05) is 19.3 Å². The van der Waals surface area contributed by atoms with Crippen molar-refractivity contribution in [1.82, 2.24) is 15.5 Å². The summed E-state index contributed by atoms with van der Waals surface area (Å²) in [7, 11) is 0. The van der Waals surface area contributed by atoms with Crippen LogP contribution in [0.1, 0.15) is 27.7 Å². The third-order valence-electron chi connectivity index (χ3n) is 2.10. The van der Waals surface area contributed by atoms with Gasteiger partial charge in [-0.2, -0.15) is 0 Å². The van der Waals surface area contributed by atoms with E-state index in [1.165, 1.54) is 0 Å². The number of carbonyl (C=O) groups excluding carboxylic acids is 1. The van der Waals surface area contributed by atoms with Gasteiger partial charge in [-0.1, -0.05) is 19.4 Å². The van der Waals surface area contributed by atoms with Gasteiger partial charge >= 0.3 is 6.03 Å². The van der Waals surface area contributed by atoms with Crippen molar-refractivity contribution in [3.05, 3.63) is 11.8 Å². The van der Waals surface area contributed by atoms with Crippen LogP contribution in [0.15, 0.2) is 11.8 Å². The standard InChI is InChI=1S/C11H23N3O/c1-5-14(6-2)8-7-12-11(15)13-9-10(3)4/h9H,5-8H2,1-4H3,(H2,12,13,15). The quantitative estimate of drug-likeness (QED) is 0.703. The van der Waals surface area contributed by atoms with E-state index < -0.39 is 0 Å². The van der Waals surface area contributed by atoms with Gasteiger partial charge < -0.3 is 15.5 Å². The first-order valence-corrected chi connectivity index (χ1v) is 5.50. The van der Waals surface area contributed by atoms with E-state index in [9.17, 15) is 4.79 Å². The molecule has 0 radical (unpaired) electrons. The lowest BCUT2D eigenvalue weighted by Crippen LogP contribution is -2.38. The molecule has 15 heavy (non-hydrogen) atoms. The summed E-state index contributed by atoms with van der Waals surface area (Å²) in [5.74, 6) is 0. The smallest absolute Gasteiger partial charge is 0.318 e. The number of likely N-dealkylation sites (N-methyl/N-ethyl adjacent to an activating group) is 1. The first-order chi connectivity index (χ1) is 7.10. The lowest BCUT2D eigenvalue weighted by atomic mass is 10.4. The molecule has 0 spiro atoms. The van der Waals surface area contributed by atoms with Gasteiger partial charge in [0.2, 0.25) is 0 Å². The van der Waals surface area contributed by atoms with Crippen LogP contribution in [0.5, 0.6) is 0 Å². The highest BCUT2D eigenvalue weighted by Crippen LogP contribution is 1.85. The highest BCUT2D eigenvalue weighted by atomic mass is 16.2. The molecule has 2 amide bonds. The maximum absolute atomic E-state index is 11.2. The Hall–Kier alpha value is -1.03. The third-order valence-corrected chi connectivity index (χ3v) is 2.10. The van der Waals surface area contributed by atoms with Crippen molar-refractivity contribution in [3.8, 4) is 0 Å². The molecule has 0 rings (SSSR count). The normalized spacial score (nSPS) is 9.93. The fourth-order valence-electron chi connectivity index (χ4n) is 1.13. The molecule has 0 aliphatic heterocycles. The van der Waals surface area contributed by atoms with Crippen LogP contribution in [0.3, 0.4) is 0 Å². The molecule has 4 nitrogen and oxygen atoms in total. The zero-order chi connectivity index (χ0) is 11.7. The molecule has 0 aromatic carbocycles. The molecule has 4 heteroatoms. The predicted molar refractivity (Wildman–Crippen MR) is 63.8 cm³/mol. The number of carbonyl (C=O) groups is 1. The van der Waals surface area contributed by atoms with Gasteiger partial charge in [-0.05, 0) is 26.9 Å². The second-order valence-electron chi connectivity index (χ2n) is 3.65. The Morgan fingerprint density at radius 1 is 1.27 bits per heavy atom. The summed E-state index contributed by atoms with van der Waals surface area (Å²) in [5.41, 5.74) is 1.08. The molecule has 0 saturated heterocycles. The summed E-state index contributed by atoms with van der Waals surface area (Å²) in [4.78, 5) is 13.5. The predicted octanol–water partition coefficient (Wildman–Crippen LogP) is 1.55. The van der Waals surface area contributed by atoms with Gasteiger partial charge in [0.15, 0.2) is 0 Å². The summed E-state index contributed by atoms with van der Waals surface area (Å²) in [6, 6.07) is -0.136. The van der Waals surface area contributed by atoms with Crippen molar-refractivity contribution in [2.45, 2.75) is 27.7 Å². The summed E-state index contributed by atoms with van der Waals surface area (Å²) in [6.45, 7) is 11.7. The van der Waals surface area contributed by atoms with Crippen LogP contribution in [0.4, 0.5) is 4.79 Å². The van der Waals surface area contributed by atoms with E-state index in [2.05, 4.69) is 29.4 Å². The lowest BCUT2D eigenvalue weighted by Gasteiger charge is -2.17. The molecule has 0 fully saturated rings. The first kappa shape index (κ1) is 14.0. The Balaban J connectivity index is 3.59. The molecular weight excluding hydrogens is 190 g/mol. The molecule has 0 bridgehead atoms. The highest BCUT2D eigenvalue weighted by molar-refractivity contribution is 5.74. The minimum atomic E-state index is -0.136. The van der Waals surface area contributed by atoms with E-state index >= 15 is 0 Å². The molecule has 0 saturated carbocycles. The van der Waals surface area contributed by atoms with Crippen LogP contribution < -0.4 is 10.6 Å². The minimum absolute atomic E-state index is 0.136. The Morgan fingerprint density at radius 2 is 1.87 bits per heavy atom. The molecule has 0 aliphatic rings. The largest absolute Gasteiger partial charge is 0.337 e. The molecular formula is C11H23N3O. The summed E-state index contributed by atoms with van der Waals surface area (Å²) < 4.78 is 0. The van der Waals surface area contributed by atoms with Crippen LogP contribution in [0.2, 0.25) is 0 Å². The number of nitrogens with zero attached hydrogens (tertiary/aromatic N) is 1. The maximum Gasteiger partial charge on any atom is 0.318 e. The Bertz CT molecular complexity index is 206. The SMILES string of the molecule is CCN(CC)CCNC(=O)NC=C(C)C. The number of nitrogens with one attached hydrogen (secondary N) is 2. The van der Waals surface area contributed by atoms with Crippen molar-refractivity contribution in [3.63, 3.8) is 0 Å². The Labute approximate surface area is 92.7 Å². The lowest BCUT2D eigenvalue weighted by molar-refractivity contribution is 0.240.